The van der Waals surface area contributed by atoms with Crippen LogP contribution in [0.4, 0.5) is 0 Å². The highest BCUT2D eigenvalue weighted by atomic mass is 16.3. The maximum atomic E-state index is 10.3. The van der Waals surface area contributed by atoms with Gasteiger partial charge in [0, 0.05) is 12.6 Å². The molecule has 1 unspecified atom stereocenters. The van der Waals surface area contributed by atoms with E-state index in [-0.39, 0.29) is 6.23 Å². The molecule has 0 saturated carbocycles. The van der Waals surface area contributed by atoms with E-state index in [1.807, 2.05) is 12.1 Å². The molecule has 2 heterocycles. The van der Waals surface area contributed by atoms with Gasteiger partial charge in [0.25, 0.3) is 0 Å². The monoisotopic (exact) mass is 218 g/mol. The first-order chi connectivity index (χ1) is 7.86. The first kappa shape index (κ1) is 10.3. The SMILES string of the molecule is OC1c2ccccc2CN1C1CCNCC1. The molecule has 0 aliphatic carbocycles. The minimum absolute atomic E-state index is 0.390. The molecule has 1 atom stereocenters. The van der Waals surface area contributed by atoms with E-state index in [1.54, 1.807) is 0 Å². The molecule has 3 rings (SSSR count). The smallest absolute Gasteiger partial charge is 0.134 e. The van der Waals surface area contributed by atoms with Crippen molar-refractivity contribution >= 4 is 0 Å². The lowest BCUT2D eigenvalue weighted by atomic mass is 10.1. The Bertz CT molecular complexity index is 374. The number of hydrogen-bond donors (Lipinski definition) is 2. The number of rotatable bonds is 1. The second-order valence-corrected chi connectivity index (χ2v) is 4.73. The summed E-state index contributed by atoms with van der Waals surface area (Å²) in [6, 6.07) is 8.76. The Balaban J connectivity index is 1.80. The first-order valence-corrected chi connectivity index (χ1v) is 6.08. The summed E-state index contributed by atoms with van der Waals surface area (Å²) >= 11 is 0. The number of nitrogens with zero attached hydrogens (tertiary/aromatic N) is 1. The van der Waals surface area contributed by atoms with E-state index >= 15 is 0 Å². The molecule has 0 radical (unpaired) electrons. The summed E-state index contributed by atoms with van der Waals surface area (Å²) < 4.78 is 0. The largest absolute Gasteiger partial charge is 0.374 e. The van der Waals surface area contributed by atoms with Crippen LogP contribution in [0.15, 0.2) is 24.3 Å². The van der Waals surface area contributed by atoms with Crippen molar-refractivity contribution in [1.29, 1.82) is 0 Å². The Kier molecular flexibility index (Phi) is 2.67. The van der Waals surface area contributed by atoms with Crippen molar-refractivity contribution in [3.8, 4) is 0 Å². The second kappa shape index (κ2) is 4.17. The number of aliphatic hydroxyl groups excluding tert-OH is 1. The summed E-state index contributed by atoms with van der Waals surface area (Å²) in [7, 11) is 0. The molecule has 3 heteroatoms. The molecule has 1 saturated heterocycles. The molecule has 2 N–H and O–H groups in total. The molecule has 2 aliphatic rings. The maximum absolute atomic E-state index is 10.3. The van der Waals surface area contributed by atoms with Gasteiger partial charge in [-0.2, -0.15) is 0 Å². The topological polar surface area (TPSA) is 35.5 Å². The van der Waals surface area contributed by atoms with Gasteiger partial charge in [0.1, 0.15) is 6.23 Å². The Hall–Kier alpha value is -0.900. The van der Waals surface area contributed by atoms with Gasteiger partial charge in [0.05, 0.1) is 0 Å². The number of piperidine rings is 1. The van der Waals surface area contributed by atoms with Crippen molar-refractivity contribution in [3.63, 3.8) is 0 Å². The molecule has 3 nitrogen and oxygen atoms in total. The van der Waals surface area contributed by atoms with Crippen molar-refractivity contribution in [3.05, 3.63) is 35.4 Å². The van der Waals surface area contributed by atoms with Gasteiger partial charge in [-0.05, 0) is 37.1 Å². The third-order valence-corrected chi connectivity index (χ3v) is 3.78. The van der Waals surface area contributed by atoms with E-state index in [4.69, 9.17) is 0 Å². The highest BCUT2D eigenvalue weighted by Crippen LogP contribution is 2.34. The average Bonchev–Trinajstić information content (AvgIpc) is 2.69. The van der Waals surface area contributed by atoms with Crippen LogP contribution in [0.2, 0.25) is 0 Å². The van der Waals surface area contributed by atoms with Gasteiger partial charge in [-0.25, -0.2) is 0 Å². The number of aliphatic hydroxyl groups is 1. The van der Waals surface area contributed by atoms with Crippen LogP contribution in [0.25, 0.3) is 0 Å². The van der Waals surface area contributed by atoms with Gasteiger partial charge in [0.15, 0.2) is 0 Å². The first-order valence-electron chi connectivity index (χ1n) is 6.08. The number of benzene rings is 1. The molecule has 0 spiro atoms. The van der Waals surface area contributed by atoms with Crippen molar-refractivity contribution < 1.29 is 5.11 Å². The lowest BCUT2D eigenvalue weighted by Gasteiger charge is -2.33. The van der Waals surface area contributed by atoms with E-state index in [2.05, 4.69) is 22.3 Å². The predicted octanol–water partition coefficient (Wildman–Crippen LogP) is 1.25. The van der Waals surface area contributed by atoms with Crippen molar-refractivity contribution in [2.24, 2.45) is 0 Å². The van der Waals surface area contributed by atoms with E-state index in [9.17, 15) is 5.11 Å². The van der Waals surface area contributed by atoms with Gasteiger partial charge in [0.2, 0.25) is 0 Å². The third kappa shape index (κ3) is 1.65. The van der Waals surface area contributed by atoms with Gasteiger partial charge in [-0.15, -0.1) is 0 Å². The minimum atomic E-state index is -0.390. The summed E-state index contributed by atoms with van der Waals surface area (Å²) in [6.07, 6.45) is 1.90. The quantitative estimate of drug-likeness (QED) is 0.744. The van der Waals surface area contributed by atoms with Crippen LogP contribution in [0.5, 0.6) is 0 Å². The summed E-state index contributed by atoms with van der Waals surface area (Å²) in [6.45, 7) is 3.05. The summed E-state index contributed by atoms with van der Waals surface area (Å²) in [5.41, 5.74) is 2.38. The molecule has 86 valence electrons. The van der Waals surface area contributed by atoms with Crippen molar-refractivity contribution in [1.82, 2.24) is 10.2 Å². The zero-order valence-electron chi connectivity index (χ0n) is 9.39. The van der Waals surface area contributed by atoms with E-state index in [1.165, 1.54) is 5.56 Å². The van der Waals surface area contributed by atoms with Crippen LogP contribution < -0.4 is 5.32 Å². The van der Waals surface area contributed by atoms with Gasteiger partial charge >= 0.3 is 0 Å². The molecular weight excluding hydrogens is 200 g/mol. The third-order valence-electron chi connectivity index (χ3n) is 3.78. The Morgan fingerprint density at radius 2 is 1.94 bits per heavy atom. The number of nitrogens with one attached hydrogen (secondary N) is 1. The Morgan fingerprint density at radius 3 is 2.69 bits per heavy atom. The Morgan fingerprint density at radius 1 is 1.19 bits per heavy atom. The Labute approximate surface area is 96.1 Å². The molecular formula is C13H18N2O. The fourth-order valence-electron chi connectivity index (χ4n) is 2.86. The average molecular weight is 218 g/mol. The molecule has 1 aromatic carbocycles. The molecule has 0 aromatic heterocycles. The fourth-order valence-corrected chi connectivity index (χ4v) is 2.86. The molecule has 0 amide bonds. The maximum Gasteiger partial charge on any atom is 0.134 e. The van der Waals surface area contributed by atoms with E-state index in [0.717, 1.165) is 38.0 Å². The fraction of sp³-hybridized carbons (Fsp3) is 0.538. The minimum Gasteiger partial charge on any atom is -0.374 e. The van der Waals surface area contributed by atoms with Crippen LogP contribution in [0.3, 0.4) is 0 Å². The predicted molar refractivity (Wildman–Crippen MR) is 62.8 cm³/mol. The van der Waals surface area contributed by atoms with Gasteiger partial charge < -0.3 is 10.4 Å². The van der Waals surface area contributed by atoms with Gasteiger partial charge in [-0.3, -0.25) is 4.90 Å². The second-order valence-electron chi connectivity index (χ2n) is 4.73. The van der Waals surface area contributed by atoms with Crippen LogP contribution in [0.1, 0.15) is 30.2 Å². The van der Waals surface area contributed by atoms with Crippen LogP contribution >= 0.6 is 0 Å². The van der Waals surface area contributed by atoms with Crippen LogP contribution in [-0.4, -0.2) is 29.1 Å². The summed E-state index contributed by atoms with van der Waals surface area (Å²) in [5, 5.41) is 13.7. The molecule has 1 aromatic rings. The molecule has 2 aliphatic heterocycles. The molecule has 1 fully saturated rings. The highest BCUT2D eigenvalue weighted by Gasteiger charge is 2.33. The van der Waals surface area contributed by atoms with Crippen LogP contribution in [-0.2, 0) is 6.54 Å². The summed E-state index contributed by atoms with van der Waals surface area (Å²) in [4.78, 5) is 2.24. The summed E-state index contributed by atoms with van der Waals surface area (Å²) in [5.74, 6) is 0. The lowest BCUT2D eigenvalue weighted by Crippen LogP contribution is -2.42. The standard InChI is InChI=1S/C13H18N2O/c16-13-12-4-2-1-3-10(12)9-15(13)11-5-7-14-8-6-11/h1-4,11,13-14,16H,5-9H2. The van der Waals surface area contributed by atoms with Crippen LogP contribution in [0, 0.1) is 0 Å². The lowest BCUT2D eigenvalue weighted by molar-refractivity contribution is -0.0248. The number of fused-ring (bicyclic) bond motifs is 1. The van der Waals surface area contributed by atoms with E-state index in [0.29, 0.717) is 6.04 Å². The normalized spacial score (nSPS) is 26.9. The molecule has 0 bridgehead atoms. The van der Waals surface area contributed by atoms with Crippen molar-refractivity contribution in [2.45, 2.75) is 31.7 Å². The highest BCUT2D eigenvalue weighted by molar-refractivity contribution is 5.32. The van der Waals surface area contributed by atoms with Crippen molar-refractivity contribution in [2.75, 3.05) is 13.1 Å². The zero-order valence-corrected chi connectivity index (χ0v) is 9.39. The molecule has 16 heavy (non-hydrogen) atoms. The van der Waals surface area contributed by atoms with Gasteiger partial charge in [-0.1, -0.05) is 24.3 Å². The number of hydrogen-bond acceptors (Lipinski definition) is 3. The van der Waals surface area contributed by atoms with E-state index < -0.39 is 0 Å². The zero-order chi connectivity index (χ0) is 11.0.